The highest BCUT2D eigenvalue weighted by molar-refractivity contribution is 5.87. The largest absolute Gasteiger partial charge is 0.478 e. The van der Waals surface area contributed by atoms with Crippen LogP contribution in [0.25, 0.3) is 0 Å². The van der Waals surface area contributed by atoms with E-state index >= 15 is 0 Å². The van der Waals surface area contributed by atoms with Crippen molar-refractivity contribution in [3.8, 4) is 0 Å². The van der Waals surface area contributed by atoms with E-state index in [0.717, 1.165) is 12.0 Å². The van der Waals surface area contributed by atoms with Crippen LogP contribution in [0, 0.1) is 19.8 Å². The van der Waals surface area contributed by atoms with Crippen molar-refractivity contribution in [2.45, 2.75) is 32.2 Å². The molecular formula is C21H21NO2. The molecule has 0 amide bonds. The number of aryl methyl sites for hydroxylation is 2. The smallest absolute Gasteiger partial charge is 0.335 e. The third-order valence-electron chi connectivity index (χ3n) is 5.33. The lowest BCUT2D eigenvalue weighted by Crippen LogP contribution is -2.29. The summed E-state index contributed by atoms with van der Waals surface area (Å²) in [6.45, 7) is 4.31. The molecule has 0 bridgehead atoms. The molecule has 0 saturated carbocycles. The number of anilines is 1. The average molecular weight is 319 g/mol. The van der Waals surface area contributed by atoms with E-state index in [0.29, 0.717) is 17.4 Å². The highest BCUT2D eigenvalue weighted by Gasteiger charge is 2.38. The van der Waals surface area contributed by atoms with Gasteiger partial charge in [-0.3, -0.25) is 0 Å². The van der Waals surface area contributed by atoms with Crippen LogP contribution in [0.2, 0.25) is 0 Å². The van der Waals surface area contributed by atoms with Gasteiger partial charge in [0.2, 0.25) is 0 Å². The van der Waals surface area contributed by atoms with Crippen LogP contribution in [0.1, 0.15) is 51.0 Å². The third-order valence-corrected chi connectivity index (χ3v) is 5.33. The third kappa shape index (κ3) is 2.32. The SMILES string of the molecule is Cc1cc(C)c2c(c1)C1C=CCC1C(c1ccc(C(=O)O)cc1)N2. The minimum absolute atomic E-state index is 0.210. The Labute approximate surface area is 142 Å². The molecule has 3 nitrogen and oxygen atoms in total. The van der Waals surface area contributed by atoms with Gasteiger partial charge in [0.1, 0.15) is 0 Å². The fraction of sp³-hybridized carbons (Fsp3) is 0.286. The Balaban J connectivity index is 1.76. The molecule has 4 rings (SSSR count). The minimum Gasteiger partial charge on any atom is -0.478 e. The number of carbonyl (C=O) groups is 1. The Morgan fingerprint density at radius 1 is 1.17 bits per heavy atom. The molecule has 1 aliphatic carbocycles. The molecule has 0 radical (unpaired) electrons. The van der Waals surface area contributed by atoms with Crippen LogP contribution < -0.4 is 5.32 Å². The zero-order valence-corrected chi connectivity index (χ0v) is 13.9. The number of carboxylic acid groups (broad SMARTS) is 1. The van der Waals surface area contributed by atoms with Crippen LogP contribution in [0.15, 0.2) is 48.6 Å². The molecule has 3 atom stereocenters. The molecule has 1 heterocycles. The maximum absolute atomic E-state index is 11.1. The van der Waals surface area contributed by atoms with Crippen LogP contribution >= 0.6 is 0 Å². The van der Waals surface area contributed by atoms with Gasteiger partial charge in [-0.1, -0.05) is 42.0 Å². The van der Waals surface area contributed by atoms with Crippen molar-refractivity contribution >= 4 is 11.7 Å². The molecule has 2 N–H and O–H groups in total. The lowest BCUT2D eigenvalue weighted by Gasteiger charge is -2.38. The second-order valence-corrected chi connectivity index (χ2v) is 6.95. The summed E-state index contributed by atoms with van der Waals surface area (Å²) in [6.07, 6.45) is 5.67. The van der Waals surface area contributed by atoms with Gasteiger partial charge in [-0.25, -0.2) is 4.79 Å². The standard InChI is InChI=1S/C21H21NO2/c1-12-10-13(2)19-18(11-12)16-4-3-5-17(16)20(22-19)14-6-8-15(9-7-14)21(23)24/h3-4,6-11,16-17,20,22H,5H2,1-2H3,(H,23,24). The van der Waals surface area contributed by atoms with E-state index in [1.54, 1.807) is 12.1 Å². The van der Waals surface area contributed by atoms with Gasteiger partial charge in [-0.05, 0) is 55.0 Å². The molecule has 2 aromatic rings. The second-order valence-electron chi connectivity index (χ2n) is 6.95. The fourth-order valence-electron chi connectivity index (χ4n) is 4.24. The van der Waals surface area contributed by atoms with Crippen LogP contribution in [0.5, 0.6) is 0 Å². The Morgan fingerprint density at radius 3 is 2.62 bits per heavy atom. The van der Waals surface area contributed by atoms with Crippen LogP contribution in [0.3, 0.4) is 0 Å². The highest BCUT2D eigenvalue weighted by atomic mass is 16.4. The van der Waals surface area contributed by atoms with Gasteiger partial charge >= 0.3 is 5.97 Å². The molecule has 0 spiro atoms. The van der Waals surface area contributed by atoms with Crippen LogP contribution in [-0.4, -0.2) is 11.1 Å². The van der Waals surface area contributed by atoms with E-state index in [4.69, 9.17) is 5.11 Å². The van der Waals surface area contributed by atoms with Gasteiger partial charge in [-0.2, -0.15) is 0 Å². The van der Waals surface area contributed by atoms with Gasteiger partial charge in [0.25, 0.3) is 0 Å². The van der Waals surface area contributed by atoms with E-state index < -0.39 is 5.97 Å². The number of hydrogen-bond acceptors (Lipinski definition) is 2. The van der Waals surface area contributed by atoms with Gasteiger partial charge in [0.15, 0.2) is 0 Å². The van der Waals surface area contributed by atoms with Crippen molar-refractivity contribution in [2.75, 3.05) is 5.32 Å². The Morgan fingerprint density at radius 2 is 1.92 bits per heavy atom. The van der Waals surface area contributed by atoms with Crippen molar-refractivity contribution in [1.82, 2.24) is 0 Å². The Kier molecular flexibility index (Phi) is 3.45. The Hall–Kier alpha value is -2.55. The number of fused-ring (bicyclic) bond motifs is 3. The predicted molar refractivity (Wildman–Crippen MR) is 95.7 cm³/mol. The zero-order chi connectivity index (χ0) is 16.8. The van der Waals surface area contributed by atoms with Crippen molar-refractivity contribution in [2.24, 2.45) is 5.92 Å². The first kappa shape index (κ1) is 15.0. The first-order valence-electron chi connectivity index (χ1n) is 8.42. The number of rotatable bonds is 2. The van der Waals surface area contributed by atoms with Gasteiger partial charge < -0.3 is 10.4 Å². The van der Waals surface area contributed by atoms with Crippen molar-refractivity contribution < 1.29 is 9.90 Å². The number of hydrogen-bond donors (Lipinski definition) is 2. The van der Waals surface area contributed by atoms with E-state index in [2.05, 4.69) is 43.4 Å². The molecule has 0 fully saturated rings. The molecule has 3 unspecified atom stereocenters. The molecule has 0 aromatic heterocycles. The second kappa shape index (κ2) is 5.52. The molecule has 122 valence electrons. The summed E-state index contributed by atoms with van der Waals surface area (Å²) in [5, 5.41) is 12.8. The maximum Gasteiger partial charge on any atom is 0.335 e. The van der Waals surface area contributed by atoms with Gasteiger partial charge in [-0.15, -0.1) is 0 Å². The molecule has 3 heteroatoms. The molecular weight excluding hydrogens is 298 g/mol. The molecule has 1 aliphatic heterocycles. The molecule has 2 aliphatic rings. The number of allylic oxidation sites excluding steroid dienone is 2. The fourth-order valence-corrected chi connectivity index (χ4v) is 4.24. The minimum atomic E-state index is -0.879. The summed E-state index contributed by atoms with van der Waals surface area (Å²) in [4.78, 5) is 11.1. The van der Waals surface area contributed by atoms with Gasteiger partial charge in [0, 0.05) is 11.6 Å². The van der Waals surface area contributed by atoms with Gasteiger partial charge in [0.05, 0.1) is 11.6 Å². The first-order chi connectivity index (χ1) is 11.5. The van der Waals surface area contributed by atoms with E-state index in [-0.39, 0.29) is 6.04 Å². The lowest BCUT2D eigenvalue weighted by atomic mass is 9.76. The van der Waals surface area contributed by atoms with E-state index in [1.807, 2.05) is 12.1 Å². The summed E-state index contributed by atoms with van der Waals surface area (Å²) < 4.78 is 0. The quantitative estimate of drug-likeness (QED) is 0.780. The normalized spacial score (nSPS) is 24.2. The van der Waals surface area contributed by atoms with Crippen molar-refractivity contribution in [3.05, 3.63) is 76.4 Å². The van der Waals surface area contributed by atoms with Crippen LogP contribution in [0.4, 0.5) is 5.69 Å². The average Bonchev–Trinajstić information content (AvgIpc) is 3.04. The van der Waals surface area contributed by atoms with Crippen molar-refractivity contribution in [1.29, 1.82) is 0 Å². The molecule has 0 saturated heterocycles. The van der Waals surface area contributed by atoms with E-state index in [9.17, 15) is 4.79 Å². The number of nitrogens with one attached hydrogen (secondary N) is 1. The maximum atomic E-state index is 11.1. The lowest BCUT2D eigenvalue weighted by molar-refractivity contribution is 0.0697. The Bertz CT molecular complexity index is 836. The summed E-state index contributed by atoms with van der Waals surface area (Å²) >= 11 is 0. The zero-order valence-electron chi connectivity index (χ0n) is 13.9. The number of benzene rings is 2. The summed E-state index contributed by atoms with van der Waals surface area (Å²) in [6, 6.07) is 12.0. The summed E-state index contributed by atoms with van der Waals surface area (Å²) in [5.74, 6) is 0.0357. The number of carboxylic acids is 1. The monoisotopic (exact) mass is 319 g/mol. The topological polar surface area (TPSA) is 49.3 Å². The highest BCUT2D eigenvalue weighted by Crippen LogP contribution is 2.50. The summed E-state index contributed by atoms with van der Waals surface area (Å²) in [7, 11) is 0. The predicted octanol–water partition coefficient (Wildman–Crippen LogP) is 4.83. The summed E-state index contributed by atoms with van der Waals surface area (Å²) in [5.41, 5.74) is 6.70. The number of aromatic carboxylic acids is 1. The van der Waals surface area contributed by atoms with Crippen molar-refractivity contribution in [3.63, 3.8) is 0 Å². The first-order valence-corrected chi connectivity index (χ1v) is 8.42. The van der Waals surface area contributed by atoms with Crippen LogP contribution in [-0.2, 0) is 0 Å². The molecule has 2 aromatic carbocycles. The van der Waals surface area contributed by atoms with E-state index in [1.165, 1.54) is 22.4 Å². The molecule has 24 heavy (non-hydrogen) atoms.